The molecule has 1 aliphatic heterocycles. The molecule has 0 aromatic carbocycles. The molecule has 18 heavy (non-hydrogen) atoms. The highest BCUT2D eigenvalue weighted by Gasteiger charge is 2.64. The molecular weight excluding hydrogens is 234 g/mol. The van der Waals surface area contributed by atoms with Gasteiger partial charge >= 0.3 is 0 Å². The Kier molecular flexibility index (Phi) is 2.76. The van der Waals surface area contributed by atoms with Crippen LogP contribution < -0.4 is 5.11 Å². The fraction of sp³-hybridized carbons (Fsp3) is 0.769. The van der Waals surface area contributed by atoms with Gasteiger partial charge in [-0.25, -0.2) is 0 Å². The van der Waals surface area contributed by atoms with E-state index in [9.17, 15) is 19.5 Å². The highest BCUT2D eigenvalue weighted by Crippen LogP contribution is 2.59. The van der Waals surface area contributed by atoms with Crippen LogP contribution in [0.4, 0.5) is 0 Å². The average molecular weight is 252 g/mol. The lowest BCUT2D eigenvalue weighted by atomic mass is 9.62. The van der Waals surface area contributed by atoms with Crippen LogP contribution in [0.2, 0.25) is 0 Å². The lowest BCUT2D eigenvalue weighted by molar-refractivity contribution is -0.305. The lowest BCUT2D eigenvalue weighted by Crippen LogP contribution is -2.59. The minimum absolute atomic E-state index is 0.0673. The Morgan fingerprint density at radius 1 is 1.39 bits per heavy atom. The number of piperidine rings is 1. The van der Waals surface area contributed by atoms with Gasteiger partial charge in [0, 0.05) is 24.9 Å². The Labute approximate surface area is 106 Å². The van der Waals surface area contributed by atoms with Crippen LogP contribution in [-0.4, -0.2) is 29.2 Å². The zero-order chi connectivity index (χ0) is 13.7. The van der Waals surface area contributed by atoms with Crippen molar-refractivity contribution < 1.29 is 19.5 Å². The molecule has 2 rings (SSSR count). The molecule has 5 heteroatoms. The SMILES string of the molecule is CC1(C)[C@@H]2CC[C@@]1(C)C(=O)N(CCC(=O)[O-])C2=O. The molecule has 0 aromatic heterocycles. The Morgan fingerprint density at radius 3 is 2.56 bits per heavy atom. The van der Waals surface area contributed by atoms with Gasteiger partial charge in [-0.15, -0.1) is 0 Å². The van der Waals surface area contributed by atoms with Crippen molar-refractivity contribution in [3.05, 3.63) is 0 Å². The second kappa shape index (κ2) is 3.80. The smallest absolute Gasteiger partial charge is 0.235 e. The van der Waals surface area contributed by atoms with Gasteiger partial charge in [0.1, 0.15) is 0 Å². The second-order valence-electron chi connectivity index (χ2n) is 6.06. The molecule has 1 saturated heterocycles. The molecule has 5 nitrogen and oxygen atoms in total. The fourth-order valence-corrected chi connectivity index (χ4v) is 3.32. The van der Waals surface area contributed by atoms with Crippen LogP contribution in [0.15, 0.2) is 0 Å². The molecule has 0 unspecified atom stereocenters. The molecular formula is C13H18NO4-. The third-order valence-electron chi connectivity index (χ3n) is 5.05. The van der Waals surface area contributed by atoms with E-state index in [1.807, 2.05) is 20.8 Å². The predicted molar refractivity (Wildman–Crippen MR) is 61.0 cm³/mol. The maximum Gasteiger partial charge on any atom is 0.235 e. The lowest BCUT2D eigenvalue weighted by Gasteiger charge is -2.47. The van der Waals surface area contributed by atoms with E-state index in [1.165, 1.54) is 0 Å². The quantitative estimate of drug-likeness (QED) is 0.659. The zero-order valence-electron chi connectivity index (χ0n) is 11.0. The summed E-state index contributed by atoms with van der Waals surface area (Å²) in [5.74, 6) is -1.87. The van der Waals surface area contributed by atoms with Crippen molar-refractivity contribution in [1.29, 1.82) is 0 Å². The van der Waals surface area contributed by atoms with Gasteiger partial charge in [-0.2, -0.15) is 0 Å². The van der Waals surface area contributed by atoms with Crippen LogP contribution in [0.5, 0.6) is 0 Å². The Morgan fingerprint density at radius 2 is 2.00 bits per heavy atom. The van der Waals surface area contributed by atoms with Crippen molar-refractivity contribution in [2.75, 3.05) is 6.54 Å². The normalized spacial score (nSPS) is 33.9. The first kappa shape index (κ1) is 13.1. The summed E-state index contributed by atoms with van der Waals surface area (Å²) >= 11 is 0. The molecule has 0 spiro atoms. The summed E-state index contributed by atoms with van der Waals surface area (Å²) in [5, 5.41) is 10.5. The van der Waals surface area contributed by atoms with Gasteiger partial charge in [0.2, 0.25) is 11.8 Å². The standard InChI is InChI=1S/C13H19NO4/c1-12(2)8-4-6-13(12,3)11(18)14(10(8)17)7-5-9(15)16/h8H,4-7H2,1-3H3,(H,15,16)/p-1/t8-,13+/m1/s1. The molecule has 0 aromatic rings. The number of rotatable bonds is 3. The van der Waals surface area contributed by atoms with Crippen LogP contribution >= 0.6 is 0 Å². The van der Waals surface area contributed by atoms with Crippen molar-refractivity contribution in [2.24, 2.45) is 16.7 Å². The fourth-order valence-electron chi connectivity index (χ4n) is 3.32. The molecule has 1 heterocycles. The van der Waals surface area contributed by atoms with E-state index in [-0.39, 0.29) is 36.1 Å². The van der Waals surface area contributed by atoms with Crippen molar-refractivity contribution in [2.45, 2.75) is 40.0 Å². The van der Waals surface area contributed by atoms with E-state index in [4.69, 9.17) is 0 Å². The molecule has 1 saturated carbocycles. The minimum atomic E-state index is -1.24. The number of imide groups is 1. The van der Waals surface area contributed by atoms with Gasteiger partial charge in [-0.3, -0.25) is 14.5 Å². The van der Waals surface area contributed by atoms with Gasteiger partial charge < -0.3 is 9.90 Å². The first-order chi connectivity index (χ1) is 8.22. The molecule has 2 atom stereocenters. The summed E-state index contributed by atoms with van der Waals surface area (Å²) in [4.78, 5) is 36.3. The van der Waals surface area contributed by atoms with Crippen molar-refractivity contribution >= 4 is 17.8 Å². The number of fused-ring (bicyclic) bond motifs is 2. The number of likely N-dealkylation sites (tertiary alicyclic amines) is 1. The molecule has 2 aliphatic rings. The van der Waals surface area contributed by atoms with Crippen molar-refractivity contribution in [3.8, 4) is 0 Å². The highest BCUT2D eigenvalue weighted by molar-refractivity contribution is 6.04. The molecule has 0 N–H and O–H groups in total. The summed E-state index contributed by atoms with van der Waals surface area (Å²) < 4.78 is 0. The van der Waals surface area contributed by atoms with Gasteiger partial charge in [0.15, 0.2) is 0 Å². The van der Waals surface area contributed by atoms with E-state index in [0.29, 0.717) is 12.8 Å². The molecule has 0 radical (unpaired) electrons. The van der Waals surface area contributed by atoms with Gasteiger partial charge in [0.05, 0.1) is 5.41 Å². The maximum absolute atomic E-state index is 12.4. The van der Waals surface area contributed by atoms with E-state index in [1.54, 1.807) is 0 Å². The van der Waals surface area contributed by atoms with Crippen LogP contribution in [0, 0.1) is 16.7 Å². The number of carbonyl (C=O) groups is 3. The molecule has 2 bridgehead atoms. The van der Waals surface area contributed by atoms with Crippen LogP contribution in [0.3, 0.4) is 0 Å². The van der Waals surface area contributed by atoms with Crippen LogP contribution in [-0.2, 0) is 14.4 Å². The van der Waals surface area contributed by atoms with Gasteiger partial charge in [0.25, 0.3) is 0 Å². The molecule has 2 amide bonds. The molecule has 1 aliphatic carbocycles. The van der Waals surface area contributed by atoms with Gasteiger partial charge in [-0.1, -0.05) is 20.8 Å². The molecule has 100 valence electrons. The second-order valence-corrected chi connectivity index (χ2v) is 6.06. The van der Waals surface area contributed by atoms with Crippen molar-refractivity contribution in [1.82, 2.24) is 4.90 Å². The van der Waals surface area contributed by atoms with E-state index < -0.39 is 11.4 Å². The summed E-state index contributed by atoms with van der Waals surface area (Å²) in [5.41, 5.74) is -0.906. The summed E-state index contributed by atoms with van der Waals surface area (Å²) in [7, 11) is 0. The van der Waals surface area contributed by atoms with Crippen LogP contribution in [0.25, 0.3) is 0 Å². The van der Waals surface area contributed by atoms with E-state index >= 15 is 0 Å². The summed E-state index contributed by atoms with van der Waals surface area (Å²) in [6, 6.07) is 0. The zero-order valence-corrected chi connectivity index (χ0v) is 11.0. The third kappa shape index (κ3) is 1.49. The predicted octanol–water partition coefficient (Wildman–Crippen LogP) is -0.0623. The minimum Gasteiger partial charge on any atom is -0.550 e. The number of carboxylic acids is 1. The Bertz CT molecular complexity index is 429. The van der Waals surface area contributed by atoms with E-state index in [0.717, 1.165) is 4.90 Å². The highest BCUT2D eigenvalue weighted by atomic mass is 16.4. The number of aliphatic carboxylic acids is 1. The number of hydrogen-bond acceptors (Lipinski definition) is 4. The number of hydrogen-bond donors (Lipinski definition) is 0. The molecule has 2 fully saturated rings. The summed E-state index contributed by atoms with van der Waals surface area (Å²) in [6.07, 6.45) is 1.10. The number of carbonyl (C=O) groups excluding carboxylic acids is 3. The number of nitrogens with zero attached hydrogens (tertiary/aromatic N) is 1. The number of amides is 2. The third-order valence-corrected chi connectivity index (χ3v) is 5.05. The topological polar surface area (TPSA) is 77.5 Å². The average Bonchev–Trinajstić information content (AvgIpc) is 2.44. The first-order valence-corrected chi connectivity index (χ1v) is 6.27. The Balaban J connectivity index is 2.30. The van der Waals surface area contributed by atoms with E-state index in [2.05, 4.69) is 0 Å². The number of carboxylic acid groups (broad SMARTS) is 1. The first-order valence-electron chi connectivity index (χ1n) is 6.27. The largest absolute Gasteiger partial charge is 0.550 e. The van der Waals surface area contributed by atoms with Gasteiger partial charge in [-0.05, 0) is 18.3 Å². The van der Waals surface area contributed by atoms with Crippen LogP contribution in [0.1, 0.15) is 40.0 Å². The summed E-state index contributed by atoms with van der Waals surface area (Å²) in [6.45, 7) is 5.73. The Hall–Kier alpha value is -1.39. The monoisotopic (exact) mass is 252 g/mol. The maximum atomic E-state index is 12.4. The van der Waals surface area contributed by atoms with Crippen molar-refractivity contribution in [3.63, 3.8) is 0 Å².